The molecule has 0 unspecified atom stereocenters. The number of nitrogens with one attached hydrogen (secondary N) is 1. The number of hydrogen-bond acceptors (Lipinski definition) is 4. The predicted octanol–water partition coefficient (Wildman–Crippen LogP) is 3.82. The minimum atomic E-state index is 0.647. The van der Waals surface area contributed by atoms with E-state index < -0.39 is 0 Å². The van der Waals surface area contributed by atoms with E-state index >= 15 is 0 Å². The number of aromatic nitrogens is 3. The van der Waals surface area contributed by atoms with Crippen molar-refractivity contribution in [3.05, 3.63) is 60.4 Å². The van der Waals surface area contributed by atoms with Crippen molar-refractivity contribution in [3.8, 4) is 11.4 Å². The van der Waals surface area contributed by atoms with Crippen molar-refractivity contribution in [2.45, 2.75) is 11.4 Å². The van der Waals surface area contributed by atoms with Crippen molar-refractivity contribution in [1.82, 2.24) is 14.8 Å². The molecule has 3 rings (SSSR count). The van der Waals surface area contributed by atoms with E-state index in [2.05, 4.69) is 33.9 Å². The summed E-state index contributed by atoms with van der Waals surface area (Å²) in [6, 6.07) is 18.4. The molecule has 0 aliphatic carbocycles. The van der Waals surface area contributed by atoms with Crippen LogP contribution in [0.25, 0.3) is 11.4 Å². The summed E-state index contributed by atoms with van der Waals surface area (Å²) in [5, 5.41) is 12.1. The number of anilines is 1. The lowest BCUT2D eigenvalue weighted by Gasteiger charge is -2.10. The van der Waals surface area contributed by atoms with Gasteiger partial charge in [0, 0.05) is 23.2 Å². The third-order valence-electron chi connectivity index (χ3n) is 3.54. The molecule has 5 heteroatoms. The van der Waals surface area contributed by atoms with Gasteiger partial charge in [0.15, 0.2) is 11.6 Å². The molecular weight excluding hydrogens is 292 g/mol. The van der Waals surface area contributed by atoms with E-state index in [1.807, 2.05) is 54.1 Å². The van der Waals surface area contributed by atoms with E-state index in [9.17, 15) is 0 Å². The molecule has 0 amide bonds. The highest BCUT2D eigenvalue weighted by Crippen LogP contribution is 2.25. The number of para-hydroxylation sites is 1. The van der Waals surface area contributed by atoms with Gasteiger partial charge in [0.2, 0.25) is 0 Å². The molecule has 2 aromatic carbocycles. The Labute approximate surface area is 134 Å². The van der Waals surface area contributed by atoms with E-state index in [0.29, 0.717) is 6.54 Å². The largest absolute Gasteiger partial charge is 0.377 e. The summed E-state index contributed by atoms with van der Waals surface area (Å²) in [6.45, 7) is 0.647. The fraction of sp³-hybridized carbons (Fsp3) is 0.176. The van der Waals surface area contributed by atoms with Crippen LogP contribution in [0.4, 0.5) is 5.69 Å². The van der Waals surface area contributed by atoms with Crippen molar-refractivity contribution >= 4 is 17.4 Å². The first-order valence-electron chi connectivity index (χ1n) is 7.10. The molecule has 0 atom stereocenters. The van der Waals surface area contributed by atoms with Gasteiger partial charge in [-0.05, 0) is 18.4 Å². The summed E-state index contributed by atoms with van der Waals surface area (Å²) < 4.78 is 2.03. The molecule has 0 bridgehead atoms. The zero-order chi connectivity index (χ0) is 15.4. The molecule has 22 heavy (non-hydrogen) atoms. The van der Waals surface area contributed by atoms with Crippen LogP contribution < -0.4 is 5.32 Å². The second-order valence-corrected chi connectivity index (χ2v) is 5.77. The summed E-state index contributed by atoms with van der Waals surface area (Å²) >= 11 is 1.73. The molecule has 4 nitrogen and oxygen atoms in total. The average molecular weight is 310 g/mol. The van der Waals surface area contributed by atoms with Gasteiger partial charge in [0.25, 0.3) is 0 Å². The second-order valence-electron chi connectivity index (χ2n) is 4.92. The van der Waals surface area contributed by atoms with Gasteiger partial charge in [-0.1, -0.05) is 42.5 Å². The van der Waals surface area contributed by atoms with Gasteiger partial charge in [-0.25, -0.2) is 0 Å². The Kier molecular flexibility index (Phi) is 4.44. The number of rotatable bonds is 5. The summed E-state index contributed by atoms with van der Waals surface area (Å²) in [4.78, 5) is 1.23. The lowest BCUT2D eigenvalue weighted by Crippen LogP contribution is -2.07. The van der Waals surface area contributed by atoms with Crippen LogP contribution in [0.5, 0.6) is 0 Å². The van der Waals surface area contributed by atoms with Gasteiger partial charge in [-0.3, -0.25) is 0 Å². The monoisotopic (exact) mass is 310 g/mol. The van der Waals surface area contributed by atoms with E-state index in [-0.39, 0.29) is 0 Å². The smallest absolute Gasteiger partial charge is 0.163 e. The van der Waals surface area contributed by atoms with E-state index in [0.717, 1.165) is 22.9 Å². The first kappa shape index (κ1) is 14.7. The van der Waals surface area contributed by atoms with E-state index in [1.165, 1.54) is 4.90 Å². The van der Waals surface area contributed by atoms with Gasteiger partial charge in [-0.2, -0.15) is 0 Å². The van der Waals surface area contributed by atoms with Crippen molar-refractivity contribution in [3.63, 3.8) is 0 Å². The first-order valence-corrected chi connectivity index (χ1v) is 8.32. The molecule has 0 fully saturated rings. The Morgan fingerprint density at radius 2 is 1.73 bits per heavy atom. The summed E-state index contributed by atoms with van der Waals surface area (Å²) in [5.74, 6) is 1.80. The molecule has 112 valence electrons. The summed E-state index contributed by atoms with van der Waals surface area (Å²) in [6.07, 6.45) is 2.08. The lowest BCUT2D eigenvalue weighted by molar-refractivity contribution is 0.816. The van der Waals surface area contributed by atoms with Crippen LogP contribution in [0.3, 0.4) is 0 Å². The maximum Gasteiger partial charge on any atom is 0.163 e. The molecular formula is C17H18N4S. The zero-order valence-corrected chi connectivity index (χ0v) is 13.5. The summed E-state index contributed by atoms with van der Waals surface area (Å²) in [5.41, 5.74) is 2.20. The molecule has 1 heterocycles. The van der Waals surface area contributed by atoms with Gasteiger partial charge in [0.05, 0.1) is 6.54 Å². The van der Waals surface area contributed by atoms with Crippen LogP contribution in [-0.2, 0) is 13.6 Å². The van der Waals surface area contributed by atoms with Crippen molar-refractivity contribution < 1.29 is 0 Å². The normalized spacial score (nSPS) is 10.6. The Hall–Kier alpha value is -2.27. The number of hydrogen-bond donors (Lipinski definition) is 1. The topological polar surface area (TPSA) is 42.7 Å². The molecule has 1 aromatic heterocycles. The maximum atomic E-state index is 4.31. The fourth-order valence-electron chi connectivity index (χ4n) is 2.32. The molecule has 0 saturated heterocycles. The Morgan fingerprint density at radius 3 is 2.50 bits per heavy atom. The van der Waals surface area contributed by atoms with Crippen molar-refractivity contribution in [1.29, 1.82) is 0 Å². The fourth-order valence-corrected chi connectivity index (χ4v) is 2.89. The lowest BCUT2D eigenvalue weighted by atomic mass is 10.2. The minimum absolute atomic E-state index is 0.647. The SMILES string of the molecule is CSc1ccccc1NCc1nnc(-c2ccccc2)n1C. The standard InChI is InChI=1S/C17H18N4S/c1-21-16(12-18-14-10-6-7-11-15(14)22-2)19-20-17(21)13-8-4-3-5-9-13/h3-11,18H,12H2,1-2H3. The van der Waals surface area contributed by atoms with Crippen LogP contribution in [0.2, 0.25) is 0 Å². The first-order chi connectivity index (χ1) is 10.8. The quantitative estimate of drug-likeness (QED) is 0.728. The Morgan fingerprint density at radius 1 is 1.00 bits per heavy atom. The van der Waals surface area contributed by atoms with Crippen molar-refractivity contribution in [2.24, 2.45) is 7.05 Å². The third kappa shape index (κ3) is 2.99. The van der Waals surface area contributed by atoms with Gasteiger partial charge < -0.3 is 9.88 Å². The van der Waals surface area contributed by atoms with Gasteiger partial charge in [0.1, 0.15) is 0 Å². The third-order valence-corrected chi connectivity index (χ3v) is 4.34. The molecule has 0 aliphatic heterocycles. The van der Waals surface area contributed by atoms with Crippen LogP contribution in [-0.4, -0.2) is 21.0 Å². The van der Waals surface area contributed by atoms with Crippen LogP contribution in [0.1, 0.15) is 5.82 Å². The predicted molar refractivity (Wildman–Crippen MR) is 92.0 cm³/mol. The number of nitrogens with zero attached hydrogens (tertiary/aromatic N) is 3. The molecule has 0 aliphatic rings. The molecule has 0 saturated carbocycles. The number of benzene rings is 2. The highest BCUT2D eigenvalue weighted by molar-refractivity contribution is 7.98. The Balaban J connectivity index is 1.78. The Bertz CT molecular complexity index is 752. The van der Waals surface area contributed by atoms with Crippen LogP contribution >= 0.6 is 11.8 Å². The zero-order valence-electron chi connectivity index (χ0n) is 12.7. The molecule has 0 radical (unpaired) electrons. The van der Waals surface area contributed by atoms with Crippen molar-refractivity contribution in [2.75, 3.05) is 11.6 Å². The minimum Gasteiger partial charge on any atom is -0.377 e. The van der Waals surface area contributed by atoms with E-state index in [4.69, 9.17) is 0 Å². The maximum absolute atomic E-state index is 4.31. The van der Waals surface area contributed by atoms with E-state index in [1.54, 1.807) is 11.8 Å². The van der Waals surface area contributed by atoms with Crippen LogP contribution in [0, 0.1) is 0 Å². The van der Waals surface area contributed by atoms with Gasteiger partial charge in [-0.15, -0.1) is 22.0 Å². The highest BCUT2D eigenvalue weighted by Gasteiger charge is 2.10. The van der Waals surface area contributed by atoms with Crippen LogP contribution in [0.15, 0.2) is 59.5 Å². The number of thioether (sulfide) groups is 1. The second kappa shape index (κ2) is 6.66. The van der Waals surface area contributed by atoms with Gasteiger partial charge >= 0.3 is 0 Å². The molecule has 1 N–H and O–H groups in total. The molecule has 0 spiro atoms. The average Bonchev–Trinajstić information content (AvgIpc) is 2.95. The highest BCUT2D eigenvalue weighted by atomic mass is 32.2. The molecule has 3 aromatic rings. The summed E-state index contributed by atoms with van der Waals surface area (Å²) in [7, 11) is 2.00.